The van der Waals surface area contributed by atoms with Crippen LogP contribution in [0.5, 0.6) is 5.75 Å². The van der Waals surface area contributed by atoms with E-state index in [1.54, 1.807) is 25.7 Å². The smallest absolute Gasteiger partial charge is 0.316 e. The zero-order valence-electron chi connectivity index (χ0n) is 19.9. The van der Waals surface area contributed by atoms with E-state index in [1.165, 1.54) is 10.5 Å². The second-order valence-corrected chi connectivity index (χ2v) is 12.5. The standard InChI is InChI=1S/C23H29F3N4O4S/c1-23(2,3)35(32,33)29-8-6-28(7-9-29)20-14-27-30(18-11-16(25)10-17(26)12-18)22(31)21(20)34-19-5-4-15(24)13-19/h10-12,14-15,19H,4-9,13H2,1-3H3. The summed E-state index contributed by atoms with van der Waals surface area (Å²) in [5, 5.41) is 4.11. The molecule has 192 valence electrons. The minimum Gasteiger partial charge on any atom is -0.483 e. The summed E-state index contributed by atoms with van der Waals surface area (Å²) < 4.78 is 74.2. The molecule has 1 saturated heterocycles. The fraction of sp³-hybridized carbons (Fsp3) is 0.565. The van der Waals surface area contributed by atoms with Gasteiger partial charge < -0.3 is 9.64 Å². The molecule has 0 spiro atoms. The molecule has 1 saturated carbocycles. The molecule has 8 nitrogen and oxygen atoms in total. The van der Waals surface area contributed by atoms with Crippen molar-refractivity contribution >= 4 is 15.7 Å². The van der Waals surface area contributed by atoms with Gasteiger partial charge in [-0.05, 0) is 45.7 Å². The number of benzene rings is 1. The van der Waals surface area contributed by atoms with Crippen molar-refractivity contribution in [1.82, 2.24) is 14.1 Å². The predicted molar refractivity (Wildman–Crippen MR) is 125 cm³/mol. The first-order valence-electron chi connectivity index (χ1n) is 11.5. The SMILES string of the molecule is CC(C)(C)S(=O)(=O)N1CCN(c2cnn(-c3cc(F)cc(F)c3)c(=O)c2OC2CCC(F)C2)CC1. The van der Waals surface area contributed by atoms with Crippen LogP contribution in [-0.4, -0.2) is 65.7 Å². The van der Waals surface area contributed by atoms with E-state index in [2.05, 4.69) is 5.10 Å². The van der Waals surface area contributed by atoms with Crippen LogP contribution >= 0.6 is 0 Å². The summed E-state index contributed by atoms with van der Waals surface area (Å²) in [4.78, 5) is 15.2. The van der Waals surface area contributed by atoms with E-state index in [1.807, 2.05) is 0 Å². The number of alkyl halides is 1. The summed E-state index contributed by atoms with van der Waals surface area (Å²) in [5.41, 5.74) is -0.516. The van der Waals surface area contributed by atoms with Crippen LogP contribution in [0.3, 0.4) is 0 Å². The summed E-state index contributed by atoms with van der Waals surface area (Å²) in [6.07, 6.45) is 0.671. The van der Waals surface area contributed by atoms with Crippen molar-refractivity contribution in [2.75, 3.05) is 31.1 Å². The molecule has 2 atom stereocenters. The van der Waals surface area contributed by atoms with Crippen LogP contribution in [0.25, 0.3) is 5.69 Å². The number of nitrogens with zero attached hydrogens (tertiary/aromatic N) is 4. The van der Waals surface area contributed by atoms with E-state index in [0.29, 0.717) is 24.6 Å². The van der Waals surface area contributed by atoms with Gasteiger partial charge in [-0.3, -0.25) is 4.79 Å². The Balaban J connectivity index is 1.68. The molecular formula is C23H29F3N4O4S. The Morgan fingerprint density at radius 3 is 2.20 bits per heavy atom. The maximum absolute atomic E-state index is 13.8. The highest BCUT2D eigenvalue weighted by atomic mass is 32.2. The number of halogens is 3. The molecular weight excluding hydrogens is 485 g/mol. The van der Waals surface area contributed by atoms with Gasteiger partial charge in [-0.1, -0.05) is 0 Å². The molecule has 0 bridgehead atoms. The molecule has 0 radical (unpaired) electrons. The molecule has 2 aliphatic rings. The van der Waals surface area contributed by atoms with Gasteiger partial charge in [-0.2, -0.15) is 14.1 Å². The Labute approximate surface area is 202 Å². The van der Waals surface area contributed by atoms with Gasteiger partial charge in [0.1, 0.15) is 29.6 Å². The van der Waals surface area contributed by atoms with Gasteiger partial charge in [0.2, 0.25) is 15.8 Å². The first kappa shape index (κ1) is 25.5. The number of piperazine rings is 1. The molecule has 0 N–H and O–H groups in total. The number of anilines is 1. The van der Waals surface area contributed by atoms with E-state index in [4.69, 9.17) is 4.74 Å². The molecule has 2 fully saturated rings. The summed E-state index contributed by atoms with van der Waals surface area (Å²) in [6, 6.07) is 2.64. The van der Waals surface area contributed by atoms with Crippen LogP contribution < -0.4 is 15.2 Å². The quantitative estimate of drug-likeness (QED) is 0.610. The molecule has 4 rings (SSSR count). The molecule has 2 heterocycles. The van der Waals surface area contributed by atoms with Crippen LogP contribution in [0.1, 0.15) is 40.0 Å². The third-order valence-corrected chi connectivity index (χ3v) is 8.90. The average Bonchev–Trinajstić information content (AvgIpc) is 3.18. The molecule has 35 heavy (non-hydrogen) atoms. The highest BCUT2D eigenvalue weighted by Gasteiger charge is 2.38. The minimum atomic E-state index is -3.52. The first-order valence-corrected chi connectivity index (χ1v) is 12.9. The van der Waals surface area contributed by atoms with Crippen molar-refractivity contribution in [3.8, 4) is 11.4 Å². The Hall–Kier alpha value is -2.60. The van der Waals surface area contributed by atoms with Crippen LogP contribution in [0.2, 0.25) is 0 Å². The third-order valence-electron chi connectivity index (χ3n) is 6.30. The van der Waals surface area contributed by atoms with Crippen molar-refractivity contribution in [2.45, 2.75) is 57.1 Å². The fourth-order valence-electron chi connectivity index (χ4n) is 4.33. The summed E-state index contributed by atoms with van der Waals surface area (Å²) in [5.74, 6) is -1.84. The Morgan fingerprint density at radius 1 is 1.03 bits per heavy atom. The molecule has 12 heteroatoms. The van der Waals surface area contributed by atoms with E-state index < -0.39 is 44.2 Å². The van der Waals surface area contributed by atoms with E-state index in [-0.39, 0.29) is 44.0 Å². The number of hydrogen-bond donors (Lipinski definition) is 0. The fourth-order valence-corrected chi connectivity index (χ4v) is 5.75. The molecule has 1 aromatic carbocycles. The molecule has 2 aromatic rings. The summed E-state index contributed by atoms with van der Waals surface area (Å²) in [7, 11) is -3.52. The molecule has 1 aliphatic heterocycles. The van der Waals surface area contributed by atoms with Gasteiger partial charge in [0.25, 0.3) is 0 Å². The maximum atomic E-state index is 13.8. The number of aromatic nitrogens is 2. The normalized spacial score (nSPS) is 21.9. The van der Waals surface area contributed by atoms with Gasteiger partial charge in [-0.25, -0.2) is 21.6 Å². The lowest BCUT2D eigenvalue weighted by Crippen LogP contribution is -2.53. The lowest BCUT2D eigenvalue weighted by Gasteiger charge is -2.38. The van der Waals surface area contributed by atoms with Gasteiger partial charge >= 0.3 is 5.56 Å². The summed E-state index contributed by atoms with van der Waals surface area (Å²) >= 11 is 0. The van der Waals surface area contributed by atoms with Gasteiger partial charge in [0.05, 0.1) is 16.6 Å². The number of ether oxygens (including phenoxy) is 1. The predicted octanol–water partition coefficient (Wildman–Crippen LogP) is 3.03. The number of sulfonamides is 1. The van der Waals surface area contributed by atoms with E-state index in [0.717, 1.165) is 16.8 Å². The van der Waals surface area contributed by atoms with Crippen molar-refractivity contribution in [1.29, 1.82) is 0 Å². The van der Waals surface area contributed by atoms with Crippen molar-refractivity contribution in [3.63, 3.8) is 0 Å². The Kier molecular flexibility index (Phi) is 6.89. The number of rotatable bonds is 5. The Bertz CT molecular complexity index is 1230. The largest absolute Gasteiger partial charge is 0.483 e. The minimum absolute atomic E-state index is 0.101. The molecule has 2 unspecified atom stereocenters. The Morgan fingerprint density at radius 2 is 1.66 bits per heavy atom. The van der Waals surface area contributed by atoms with Crippen molar-refractivity contribution in [3.05, 3.63) is 46.4 Å². The zero-order chi connectivity index (χ0) is 25.5. The average molecular weight is 515 g/mol. The van der Waals surface area contributed by atoms with Gasteiger partial charge in [0, 0.05) is 38.7 Å². The van der Waals surface area contributed by atoms with Crippen molar-refractivity contribution in [2.24, 2.45) is 0 Å². The van der Waals surface area contributed by atoms with E-state index >= 15 is 0 Å². The van der Waals surface area contributed by atoms with Crippen LogP contribution in [-0.2, 0) is 10.0 Å². The highest BCUT2D eigenvalue weighted by molar-refractivity contribution is 7.90. The monoisotopic (exact) mass is 514 g/mol. The summed E-state index contributed by atoms with van der Waals surface area (Å²) in [6.45, 7) is 5.88. The first-order chi connectivity index (χ1) is 16.4. The third kappa shape index (κ3) is 5.18. The number of hydrogen-bond acceptors (Lipinski definition) is 6. The highest BCUT2D eigenvalue weighted by Crippen LogP contribution is 2.32. The second kappa shape index (κ2) is 9.45. The molecule has 1 aliphatic carbocycles. The second-order valence-electron chi connectivity index (χ2n) is 9.86. The topological polar surface area (TPSA) is 84.7 Å². The zero-order valence-corrected chi connectivity index (χ0v) is 20.7. The van der Waals surface area contributed by atoms with Crippen molar-refractivity contribution < 1.29 is 26.3 Å². The van der Waals surface area contributed by atoms with Gasteiger partial charge in [-0.15, -0.1) is 0 Å². The lowest BCUT2D eigenvalue weighted by molar-refractivity contribution is 0.193. The van der Waals surface area contributed by atoms with Crippen LogP contribution in [0.4, 0.5) is 18.9 Å². The molecule has 0 amide bonds. The van der Waals surface area contributed by atoms with Crippen LogP contribution in [0, 0.1) is 11.6 Å². The molecule has 1 aromatic heterocycles. The lowest BCUT2D eigenvalue weighted by atomic mass is 10.2. The van der Waals surface area contributed by atoms with Crippen LogP contribution in [0.15, 0.2) is 29.2 Å². The van der Waals surface area contributed by atoms with Gasteiger partial charge in [0.15, 0.2) is 0 Å². The maximum Gasteiger partial charge on any atom is 0.316 e. The van der Waals surface area contributed by atoms with E-state index in [9.17, 15) is 26.4 Å².